The number of nitrogens with one attached hydrogen (secondary N) is 1. The largest absolute Gasteiger partial charge is 0.488 e. The number of fused-ring (bicyclic) bond motifs is 1. The van der Waals surface area contributed by atoms with E-state index in [0.717, 1.165) is 16.3 Å². The van der Waals surface area contributed by atoms with Gasteiger partial charge in [0.2, 0.25) is 0 Å². The van der Waals surface area contributed by atoms with Crippen LogP contribution in [-0.4, -0.2) is 17.0 Å². The van der Waals surface area contributed by atoms with Crippen molar-refractivity contribution < 1.29 is 18.8 Å². The second-order valence-electron chi connectivity index (χ2n) is 7.12. The summed E-state index contributed by atoms with van der Waals surface area (Å²) in [6.45, 7) is 0.231. The number of carbonyl (C=O) groups excluding carboxylic acids is 1. The number of benzene rings is 4. The fraction of sp³-hybridized carbons (Fsp3) is 0.0400. The lowest BCUT2D eigenvalue weighted by molar-refractivity contribution is -0.384. The molecule has 0 unspecified atom stereocenters. The van der Waals surface area contributed by atoms with Gasteiger partial charge in [0.25, 0.3) is 11.6 Å². The highest BCUT2D eigenvalue weighted by Crippen LogP contribution is 2.27. The first kappa shape index (κ1) is 21.6. The number of carbonyl (C=O) groups is 1. The number of amides is 1. The van der Waals surface area contributed by atoms with Gasteiger partial charge in [0.1, 0.15) is 18.2 Å². The van der Waals surface area contributed by atoms with E-state index in [1.165, 1.54) is 42.6 Å². The Hall–Kier alpha value is -4.59. The summed E-state index contributed by atoms with van der Waals surface area (Å²) >= 11 is 0. The number of hydrogen-bond donors (Lipinski definition) is 1. The lowest BCUT2D eigenvalue weighted by Gasteiger charge is -2.12. The molecule has 0 aliphatic carbocycles. The molecule has 7 nitrogen and oxygen atoms in total. The second kappa shape index (κ2) is 9.69. The maximum absolute atomic E-state index is 13.1. The van der Waals surface area contributed by atoms with Crippen molar-refractivity contribution in [3.8, 4) is 5.75 Å². The third-order valence-electron chi connectivity index (χ3n) is 4.94. The summed E-state index contributed by atoms with van der Waals surface area (Å²) in [5.74, 6) is -0.275. The van der Waals surface area contributed by atoms with Gasteiger partial charge in [0.05, 0.1) is 11.1 Å². The Morgan fingerprint density at radius 2 is 1.73 bits per heavy atom. The molecule has 1 N–H and O–H groups in total. The predicted molar refractivity (Wildman–Crippen MR) is 123 cm³/mol. The molecule has 0 fully saturated rings. The molecule has 1 amide bonds. The van der Waals surface area contributed by atoms with Crippen molar-refractivity contribution in [3.05, 3.63) is 118 Å². The Labute approximate surface area is 188 Å². The topological polar surface area (TPSA) is 93.8 Å². The van der Waals surface area contributed by atoms with Gasteiger partial charge in [-0.15, -0.1) is 0 Å². The maximum atomic E-state index is 13.1. The molecule has 0 aliphatic heterocycles. The number of ether oxygens (including phenoxy) is 1. The first-order chi connectivity index (χ1) is 16.0. The average Bonchev–Trinajstić information content (AvgIpc) is 2.84. The number of halogens is 1. The van der Waals surface area contributed by atoms with Crippen LogP contribution in [0.25, 0.3) is 10.8 Å². The van der Waals surface area contributed by atoms with Gasteiger partial charge in [-0.25, -0.2) is 9.82 Å². The number of hydrazone groups is 1. The van der Waals surface area contributed by atoms with Crippen LogP contribution in [0.5, 0.6) is 5.75 Å². The van der Waals surface area contributed by atoms with Crippen molar-refractivity contribution in [2.45, 2.75) is 6.61 Å². The van der Waals surface area contributed by atoms with Crippen LogP contribution in [0, 0.1) is 15.9 Å². The Bertz CT molecular complexity index is 1340. The van der Waals surface area contributed by atoms with E-state index >= 15 is 0 Å². The first-order valence-corrected chi connectivity index (χ1v) is 9.98. The third kappa shape index (κ3) is 5.19. The highest BCUT2D eigenvalue weighted by atomic mass is 19.1. The molecule has 0 saturated heterocycles. The predicted octanol–water partition coefficient (Wildman–Crippen LogP) is 5.23. The minimum absolute atomic E-state index is 0.103. The van der Waals surface area contributed by atoms with E-state index in [-0.39, 0.29) is 23.7 Å². The molecule has 4 rings (SSSR count). The SMILES string of the molecule is O=C(N/N=C/c1c(OCc2ccc(F)cc2)ccc2ccccc12)c1ccc([N+](=O)[O-])cc1. The van der Waals surface area contributed by atoms with Crippen LogP contribution >= 0.6 is 0 Å². The van der Waals surface area contributed by atoms with E-state index in [9.17, 15) is 19.3 Å². The van der Waals surface area contributed by atoms with Crippen LogP contribution < -0.4 is 10.2 Å². The molecule has 4 aromatic carbocycles. The van der Waals surface area contributed by atoms with Crippen molar-refractivity contribution in [2.75, 3.05) is 0 Å². The van der Waals surface area contributed by atoms with Crippen LogP contribution in [0.2, 0.25) is 0 Å². The molecule has 8 heteroatoms. The second-order valence-corrected chi connectivity index (χ2v) is 7.12. The van der Waals surface area contributed by atoms with Crippen LogP contribution in [0.15, 0.2) is 90.0 Å². The van der Waals surface area contributed by atoms with Gasteiger partial charge in [-0.2, -0.15) is 5.10 Å². The molecular weight excluding hydrogens is 425 g/mol. The molecule has 0 saturated carbocycles. The van der Waals surface area contributed by atoms with Crippen LogP contribution in [0.4, 0.5) is 10.1 Å². The molecule has 0 radical (unpaired) electrons. The maximum Gasteiger partial charge on any atom is 0.271 e. The van der Waals surface area contributed by atoms with Crippen molar-refractivity contribution in [3.63, 3.8) is 0 Å². The number of nitrogens with zero attached hydrogens (tertiary/aromatic N) is 2. The molecule has 0 spiro atoms. The standard InChI is InChI=1S/C25H18FN3O4/c26-20-10-5-17(6-11-20)16-33-24-14-9-18-3-1-2-4-22(18)23(24)15-27-28-25(30)19-7-12-21(13-8-19)29(31)32/h1-15H,16H2,(H,28,30)/b27-15+. The number of hydrogen-bond acceptors (Lipinski definition) is 5. The number of rotatable bonds is 7. The third-order valence-corrected chi connectivity index (χ3v) is 4.94. The molecule has 164 valence electrons. The monoisotopic (exact) mass is 443 g/mol. The fourth-order valence-electron chi connectivity index (χ4n) is 3.23. The lowest BCUT2D eigenvalue weighted by Crippen LogP contribution is -2.17. The molecule has 0 aromatic heterocycles. The van der Waals surface area contributed by atoms with Crippen molar-refractivity contribution in [2.24, 2.45) is 5.10 Å². The fourth-order valence-corrected chi connectivity index (χ4v) is 3.23. The van der Waals surface area contributed by atoms with Crippen LogP contribution in [-0.2, 0) is 6.61 Å². The quantitative estimate of drug-likeness (QED) is 0.240. The van der Waals surface area contributed by atoms with Crippen molar-refractivity contribution >= 4 is 28.6 Å². The molecule has 0 atom stereocenters. The summed E-state index contributed by atoms with van der Waals surface area (Å²) < 4.78 is 19.1. The van der Waals surface area contributed by atoms with Gasteiger partial charge in [0, 0.05) is 23.3 Å². The van der Waals surface area contributed by atoms with Crippen molar-refractivity contribution in [1.82, 2.24) is 5.43 Å². The van der Waals surface area contributed by atoms with Gasteiger partial charge in [-0.3, -0.25) is 14.9 Å². The molecule has 4 aromatic rings. The zero-order valence-corrected chi connectivity index (χ0v) is 17.3. The normalized spacial score (nSPS) is 10.9. The molecule has 0 bridgehead atoms. The summed E-state index contributed by atoms with van der Waals surface area (Å²) in [4.78, 5) is 22.6. The van der Waals surface area contributed by atoms with Gasteiger partial charge in [-0.1, -0.05) is 42.5 Å². The zero-order valence-electron chi connectivity index (χ0n) is 17.3. The Kier molecular flexibility index (Phi) is 6.36. The van der Waals surface area contributed by atoms with Crippen molar-refractivity contribution in [1.29, 1.82) is 0 Å². The van der Waals surface area contributed by atoms with E-state index in [1.807, 2.05) is 36.4 Å². The lowest BCUT2D eigenvalue weighted by atomic mass is 10.0. The van der Waals surface area contributed by atoms with Crippen LogP contribution in [0.1, 0.15) is 21.5 Å². The van der Waals surface area contributed by atoms with Crippen LogP contribution in [0.3, 0.4) is 0 Å². The average molecular weight is 443 g/mol. The Morgan fingerprint density at radius 3 is 2.45 bits per heavy atom. The minimum atomic E-state index is -0.534. The summed E-state index contributed by atoms with van der Waals surface area (Å²) in [6.07, 6.45) is 1.49. The Balaban J connectivity index is 1.55. The number of nitro benzene ring substituents is 1. The molecule has 33 heavy (non-hydrogen) atoms. The smallest absolute Gasteiger partial charge is 0.271 e. The number of nitro groups is 1. The highest BCUT2D eigenvalue weighted by molar-refractivity contribution is 6.03. The molecule has 0 heterocycles. The molecule has 0 aliphatic rings. The zero-order chi connectivity index (χ0) is 23.2. The summed E-state index contributed by atoms with van der Waals surface area (Å²) in [5.41, 5.74) is 4.04. The van der Waals surface area contributed by atoms with Gasteiger partial charge in [0.15, 0.2) is 0 Å². The summed E-state index contributed by atoms with van der Waals surface area (Å²) in [6, 6.07) is 22.7. The van der Waals surface area contributed by atoms with Gasteiger partial charge >= 0.3 is 0 Å². The van der Waals surface area contributed by atoms with E-state index in [4.69, 9.17) is 4.74 Å². The summed E-state index contributed by atoms with van der Waals surface area (Å²) in [7, 11) is 0. The van der Waals surface area contributed by atoms with Gasteiger partial charge in [-0.05, 0) is 46.7 Å². The van der Waals surface area contributed by atoms with E-state index in [0.29, 0.717) is 11.3 Å². The van der Waals surface area contributed by atoms with E-state index < -0.39 is 10.8 Å². The molecular formula is C25H18FN3O4. The highest BCUT2D eigenvalue weighted by Gasteiger charge is 2.10. The minimum Gasteiger partial charge on any atom is -0.488 e. The summed E-state index contributed by atoms with van der Waals surface area (Å²) in [5, 5.41) is 16.7. The first-order valence-electron chi connectivity index (χ1n) is 9.98. The van der Waals surface area contributed by atoms with Gasteiger partial charge < -0.3 is 4.74 Å². The Morgan fingerprint density at radius 1 is 1.00 bits per heavy atom. The van der Waals surface area contributed by atoms with E-state index in [1.54, 1.807) is 12.1 Å². The number of non-ortho nitro benzene ring substituents is 1. The van der Waals surface area contributed by atoms with E-state index in [2.05, 4.69) is 10.5 Å².